The lowest BCUT2D eigenvalue weighted by Gasteiger charge is -2.14. The van der Waals surface area contributed by atoms with Crippen LogP contribution in [0.5, 0.6) is 11.5 Å². The number of amides is 1. The molecule has 1 aliphatic rings. The predicted octanol–water partition coefficient (Wildman–Crippen LogP) is 5.54. The molecule has 0 fully saturated rings. The summed E-state index contributed by atoms with van der Waals surface area (Å²) >= 11 is 3.55. The lowest BCUT2D eigenvalue weighted by molar-refractivity contribution is -0.114. The molecule has 1 aliphatic heterocycles. The summed E-state index contributed by atoms with van der Waals surface area (Å²) in [6.07, 6.45) is 1.72. The Labute approximate surface area is 205 Å². The fourth-order valence-corrected chi connectivity index (χ4v) is 4.06. The van der Waals surface area contributed by atoms with Gasteiger partial charge in [0, 0.05) is 0 Å². The third-order valence-electron chi connectivity index (χ3n) is 5.19. The van der Waals surface area contributed by atoms with Gasteiger partial charge in [0.05, 0.1) is 34.1 Å². The van der Waals surface area contributed by atoms with Crippen molar-refractivity contribution in [3.63, 3.8) is 0 Å². The first-order valence-electron chi connectivity index (χ1n) is 10.4. The number of nitrogens with zero attached hydrogens (tertiary/aromatic N) is 2. The highest BCUT2D eigenvalue weighted by atomic mass is 79.9. The van der Waals surface area contributed by atoms with Crippen LogP contribution in [0, 0.1) is 0 Å². The van der Waals surface area contributed by atoms with Crippen molar-refractivity contribution in [1.82, 2.24) is 0 Å². The van der Waals surface area contributed by atoms with Crippen LogP contribution in [0.15, 0.2) is 81.9 Å². The molecule has 1 heterocycles. The Hall–Kier alpha value is -3.91. The van der Waals surface area contributed by atoms with Crippen molar-refractivity contribution in [3.05, 3.63) is 93.5 Å². The number of ether oxygens (including phenoxy) is 2. The van der Waals surface area contributed by atoms with E-state index in [1.165, 1.54) is 17.1 Å². The van der Waals surface area contributed by atoms with E-state index in [0.717, 1.165) is 11.1 Å². The summed E-state index contributed by atoms with van der Waals surface area (Å²) in [7, 11) is 1.55. The van der Waals surface area contributed by atoms with E-state index in [1.807, 2.05) is 36.4 Å². The first-order chi connectivity index (χ1) is 16.4. The van der Waals surface area contributed by atoms with E-state index < -0.39 is 5.97 Å². The van der Waals surface area contributed by atoms with Crippen molar-refractivity contribution >= 4 is 45.3 Å². The maximum absolute atomic E-state index is 13.1. The van der Waals surface area contributed by atoms with Crippen molar-refractivity contribution < 1.29 is 24.2 Å². The number of hydrogen-bond acceptors (Lipinski definition) is 5. The summed E-state index contributed by atoms with van der Waals surface area (Å²) in [5.41, 5.74) is 3.12. The molecule has 0 atom stereocenters. The van der Waals surface area contributed by atoms with Crippen molar-refractivity contribution in [1.29, 1.82) is 0 Å². The van der Waals surface area contributed by atoms with Gasteiger partial charge in [0.1, 0.15) is 6.61 Å². The van der Waals surface area contributed by atoms with E-state index in [-0.39, 0.29) is 11.5 Å². The van der Waals surface area contributed by atoms with Gasteiger partial charge in [0.15, 0.2) is 11.5 Å². The normalized spacial score (nSPS) is 14.3. The van der Waals surface area contributed by atoms with Gasteiger partial charge in [-0.25, -0.2) is 4.79 Å². The molecule has 0 unspecified atom stereocenters. The summed E-state index contributed by atoms with van der Waals surface area (Å²) in [5, 5.41) is 14.8. The highest BCUT2D eigenvalue weighted by Gasteiger charge is 2.29. The van der Waals surface area contributed by atoms with Gasteiger partial charge < -0.3 is 14.6 Å². The summed E-state index contributed by atoms with van der Waals surface area (Å²) in [6, 6.07) is 19.5. The van der Waals surface area contributed by atoms with E-state index in [9.17, 15) is 14.7 Å². The summed E-state index contributed by atoms with van der Waals surface area (Å²) in [4.78, 5) is 24.4. The van der Waals surface area contributed by atoms with Gasteiger partial charge in [-0.3, -0.25) is 4.79 Å². The first-order valence-corrected chi connectivity index (χ1v) is 11.2. The molecule has 1 amide bonds. The van der Waals surface area contributed by atoms with Crippen LogP contribution >= 0.6 is 15.9 Å². The molecule has 3 aromatic rings. The standard InChI is InChI=1S/C26H21BrN2O5/c1-16-21(25(30)29(28-16)20-10-6-9-19(14-20)26(31)32)11-18-12-22(27)24(23(13-18)33-2)34-15-17-7-4-3-5-8-17/h3-14H,15H2,1-2H3,(H,31,32)/b21-11-. The van der Waals surface area contributed by atoms with Crippen molar-refractivity contribution in [2.24, 2.45) is 5.10 Å². The van der Waals surface area contributed by atoms with Gasteiger partial charge in [-0.1, -0.05) is 36.4 Å². The minimum Gasteiger partial charge on any atom is -0.493 e. The lowest BCUT2D eigenvalue weighted by atomic mass is 10.1. The number of hydrazone groups is 1. The Morgan fingerprint density at radius 3 is 2.59 bits per heavy atom. The number of halogens is 1. The minimum atomic E-state index is -1.07. The number of hydrogen-bond donors (Lipinski definition) is 1. The van der Waals surface area contributed by atoms with Crippen LogP contribution in [0.3, 0.4) is 0 Å². The molecular formula is C26H21BrN2O5. The van der Waals surface area contributed by atoms with Crippen LogP contribution in [0.4, 0.5) is 5.69 Å². The molecular weight excluding hydrogens is 500 g/mol. The third kappa shape index (κ3) is 4.87. The van der Waals surface area contributed by atoms with Crippen LogP contribution in [-0.4, -0.2) is 29.8 Å². The Balaban J connectivity index is 1.60. The molecule has 0 spiro atoms. The molecule has 8 heteroatoms. The number of carboxylic acid groups (broad SMARTS) is 1. The smallest absolute Gasteiger partial charge is 0.335 e. The minimum absolute atomic E-state index is 0.0790. The SMILES string of the molecule is COc1cc(/C=C2\C(=O)N(c3cccc(C(=O)O)c3)N=C2C)cc(Br)c1OCc1ccccc1. The Morgan fingerprint density at radius 2 is 1.88 bits per heavy atom. The number of carbonyl (C=O) groups is 2. The molecule has 0 radical (unpaired) electrons. The van der Waals surface area contributed by atoms with Crippen LogP contribution < -0.4 is 14.5 Å². The molecule has 0 saturated heterocycles. The molecule has 34 heavy (non-hydrogen) atoms. The highest BCUT2D eigenvalue weighted by Crippen LogP contribution is 2.38. The molecule has 1 N–H and O–H groups in total. The fourth-order valence-electron chi connectivity index (χ4n) is 3.49. The van der Waals surface area contributed by atoms with E-state index in [4.69, 9.17) is 9.47 Å². The second kappa shape index (κ2) is 9.93. The largest absolute Gasteiger partial charge is 0.493 e. The first kappa shape index (κ1) is 23.3. The lowest BCUT2D eigenvalue weighted by Crippen LogP contribution is -2.21. The Kier molecular flexibility index (Phi) is 6.79. The van der Waals surface area contributed by atoms with Gasteiger partial charge in [-0.05, 0) is 70.4 Å². The zero-order valence-corrected chi connectivity index (χ0v) is 20.1. The number of benzene rings is 3. The molecule has 172 valence electrons. The van der Waals surface area contributed by atoms with Gasteiger partial charge in [-0.2, -0.15) is 10.1 Å². The number of carbonyl (C=O) groups excluding carboxylic acids is 1. The second-order valence-electron chi connectivity index (χ2n) is 7.52. The highest BCUT2D eigenvalue weighted by molar-refractivity contribution is 9.10. The quantitative estimate of drug-likeness (QED) is 0.413. The monoisotopic (exact) mass is 520 g/mol. The van der Waals surface area contributed by atoms with Crippen LogP contribution in [0.25, 0.3) is 6.08 Å². The number of carboxylic acids is 1. The van der Waals surface area contributed by atoms with Gasteiger partial charge in [0.25, 0.3) is 5.91 Å². The van der Waals surface area contributed by atoms with Crippen molar-refractivity contribution in [2.75, 3.05) is 12.1 Å². The zero-order chi connectivity index (χ0) is 24.2. The molecule has 0 aliphatic carbocycles. The summed E-state index contributed by atoms with van der Waals surface area (Å²) in [5.74, 6) is -0.344. The summed E-state index contributed by atoms with van der Waals surface area (Å²) < 4.78 is 12.2. The van der Waals surface area contributed by atoms with E-state index in [0.29, 0.717) is 39.6 Å². The maximum atomic E-state index is 13.1. The third-order valence-corrected chi connectivity index (χ3v) is 5.78. The van der Waals surface area contributed by atoms with Crippen LogP contribution in [-0.2, 0) is 11.4 Å². The molecule has 3 aromatic carbocycles. The molecule has 0 bridgehead atoms. The van der Waals surface area contributed by atoms with Gasteiger partial charge in [0.2, 0.25) is 0 Å². The maximum Gasteiger partial charge on any atom is 0.335 e. The molecule has 0 saturated carbocycles. The van der Waals surface area contributed by atoms with E-state index in [2.05, 4.69) is 21.0 Å². The van der Waals surface area contributed by atoms with E-state index in [1.54, 1.807) is 38.3 Å². The molecule has 4 rings (SSSR count). The Morgan fingerprint density at radius 1 is 1.12 bits per heavy atom. The molecule has 0 aromatic heterocycles. The second-order valence-corrected chi connectivity index (χ2v) is 8.38. The average molecular weight is 521 g/mol. The van der Waals surface area contributed by atoms with Gasteiger partial charge in [-0.15, -0.1) is 0 Å². The Bertz CT molecular complexity index is 1320. The number of methoxy groups -OCH3 is 1. The average Bonchev–Trinajstić information content (AvgIpc) is 3.12. The summed E-state index contributed by atoms with van der Waals surface area (Å²) in [6.45, 7) is 2.11. The van der Waals surface area contributed by atoms with Crippen LogP contribution in [0.1, 0.15) is 28.4 Å². The van der Waals surface area contributed by atoms with Crippen LogP contribution in [0.2, 0.25) is 0 Å². The number of rotatable bonds is 7. The topological polar surface area (TPSA) is 88.4 Å². The number of anilines is 1. The predicted molar refractivity (Wildman–Crippen MR) is 133 cm³/mol. The van der Waals surface area contributed by atoms with Crippen molar-refractivity contribution in [2.45, 2.75) is 13.5 Å². The number of aromatic carboxylic acids is 1. The van der Waals surface area contributed by atoms with Crippen molar-refractivity contribution in [3.8, 4) is 11.5 Å². The van der Waals surface area contributed by atoms with E-state index >= 15 is 0 Å². The fraction of sp³-hybridized carbons (Fsp3) is 0.115. The van der Waals surface area contributed by atoms with Gasteiger partial charge >= 0.3 is 5.97 Å². The zero-order valence-electron chi connectivity index (χ0n) is 18.5. The molecule has 7 nitrogen and oxygen atoms in total.